The van der Waals surface area contributed by atoms with Gasteiger partial charge in [-0.15, -0.1) is 0 Å². The number of guanidine groups is 1. The molecule has 4 atom stereocenters. The molecule has 1 aliphatic rings. The summed E-state index contributed by atoms with van der Waals surface area (Å²) in [7, 11) is 0. The van der Waals surface area contributed by atoms with E-state index in [9.17, 15) is 29.1 Å². The topological polar surface area (TPSA) is 259 Å². The van der Waals surface area contributed by atoms with Gasteiger partial charge in [-0.1, -0.05) is 18.2 Å². The summed E-state index contributed by atoms with van der Waals surface area (Å²) in [5, 5.41) is 24.2. The number of amides is 3. The number of hydrogen-bond donors (Lipinski definition) is 8. The molecule has 0 bridgehead atoms. The second-order valence-electron chi connectivity index (χ2n) is 10.2. The van der Waals surface area contributed by atoms with Crippen LogP contribution in [0.2, 0.25) is 0 Å². The molecular weight excluding hydrogens is 548 g/mol. The van der Waals surface area contributed by atoms with Crippen molar-refractivity contribution >= 4 is 46.5 Å². The number of nitrogens with one attached hydrogen (secondary N) is 3. The Morgan fingerprint density at radius 3 is 2.50 bits per heavy atom. The van der Waals surface area contributed by atoms with Crippen LogP contribution in [0.15, 0.2) is 35.5 Å². The van der Waals surface area contributed by atoms with Gasteiger partial charge in [-0.2, -0.15) is 0 Å². The number of para-hydroxylation sites is 1. The number of aromatic amines is 1. The fourth-order valence-corrected chi connectivity index (χ4v) is 4.98. The van der Waals surface area contributed by atoms with Crippen molar-refractivity contribution in [3.8, 4) is 0 Å². The molecule has 0 saturated carbocycles. The van der Waals surface area contributed by atoms with Gasteiger partial charge in [0.15, 0.2) is 5.96 Å². The number of rotatable bonds is 15. The van der Waals surface area contributed by atoms with Crippen molar-refractivity contribution in [1.29, 1.82) is 0 Å². The number of nitrogens with zero attached hydrogens (tertiary/aromatic N) is 2. The standard InChI is InChI=1S/C27H38N8O7/c28-17(13-15-14-32-18-6-2-1-5-16(15)18)25(40)35-12-4-8-21(35)24(39)33-19(7-3-11-31-27(29)30)23(38)34-20(26(41)42)9-10-22(36)37/h1-2,5-6,14,17,19-21,32H,3-4,7-13,28H2,(H,33,39)(H,34,38)(H,36,37)(H,41,42)(H4,29,30,31). The van der Waals surface area contributed by atoms with Crippen LogP contribution in [0.4, 0.5) is 0 Å². The zero-order valence-electron chi connectivity index (χ0n) is 23.1. The third-order valence-corrected chi connectivity index (χ3v) is 7.11. The first-order valence-electron chi connectivity index (χ1n) is 13.7. The zero-order chi connectivity index (χ0) is 30.8. The van der Waals surface area contributed by atoms with Gasteiger partial charge < -0.3 is 47.9 Å². The van der Waals surface area contributed by atoms with Crippen LogP contribution in [0, 0.1) is 0 Å². The van der Waals surface area contributed by atoms with Gasteiger partial charge in [-0.25, -0.2) is 4.79 Å². The van der Waals surface area contributed by atoms with Gasteiger partial charge in [0.1, 0.15) is 18.1 Å². The predicted octanol–water partition coefficient (Wildman–Crippen LogP) is -0.999. The third-order valence-electron chi connectivity index (χ3n) is 7.11. The first-order valence-corrected chi connectivity index (χ1v) is 13.7. The van der Waals surface area contributed by atoms with Crippen molar-refractivity contribution in [3.63, 3.8) is 0 Å². The van der Waals surface area contributed by atoms with E-state index in [-0.39, 0.29) is 38.2 Å². The van der Waals surface area contributed by atoms with E-state index >= 15 is 0 Å². The number of aliphatic carboxylic acids is 2. The average molecular weight is 587 g/mol. The molecule has 1 aromatic carbocycles. The maximum absolute atomic E-state index is 13.4. The van der Waals surface area contributed by atoms with E-state index in [1.54, 1.807) is 6.20 Å². The number of hydrogen-bond acceptors (Lipinski definition) is 7. The van der Waals surface area contributed by atoms with Crippen molar-refractivity contribution in [2.24, 2.45) is 22.2 Å². The summed E-state index contributed by atoms with van der Waals surface area (Å²) >= 11 is 0. The molecule has 0 aliphatic carbocycles. The van der Waals surface area contributed by atoms with Crippen LogP contribution in [0.25, 0.3) is 10.9 Å². The Kier molecular flexibility index (Phi) is 11.2. The molecule has 228 valence electrons. The Hall–Kier alpha value is -4.66. The maximum atomic E-state index is 13.4. The summed E-state index contributed by atoms with van der Waals surface area (Å²) in [4.78, 5) is 70.7. The van der Waals surface area contributed by atoms with Crippen LogP contribution < -0.4 is 27.8 Å². The summed E-state index contributed by atoms with van der Waals surface area (Å²) in [6, 6.07) is 3.20. The third kappa shape index (κ3) is 8.67. The Labute approximate surface area is 241 Å². The number of carbonyl (C=O) groups is 5. The molecule has 15 nitrogen and oxygen atoms in total. The fourth-order valence-electron chi connectivity index (χ4n) is 4.98. The molecule has 2 aromatic rings. The highest BCUT2D eigenvalue weighted by molar-refractivity contribution is 5.95. The minimum atomic E-state index is -1.47. The van der Waals surface area contributed by atoms with Crippen LogP contribution in [0.3, 0.4) is 0 Å². The second-order valence-corrected chi connectivity index (χ2v) is 10.2. The number of nitrogens with two attached hydrogens (primary N) is 3. The van der Waals surface area contributed by atoms with Gasteiger partial charge in [0, 0.05) is 36.6 Å². The number of aliphatic imine (C=N–C) groups is 1. The second kappa shape index (κ2) is 14.8. The quantitative estimate of drug-likeness (QED) is 0.0717. The lowest BCUT2D eigenvalue weighted by atomic mass is 10.0. The van der Waals surface area contributed by atoms with Crippen molar-refractivity contribution in [2.45, 2.75) is 69.1 Å². The van der Waals surface area contributed by atoms with Crippen LogP contribution in [-0.2, 0) is 30.4 Å². The first kappa shape index (κ1) is 31.9. The largest absolute Gasteiger partial charge is 0.481 e. The number of aromatic nitrogens is 1. The molecule has 1 fully saturated rings. The molecule has 3 rings (SSSR count). The van der Waals surface area contributed by atoms with Crippen LogP contribution >= 0.6 is 0 Å². The lowest BCUT2D eigenvalue weighted by Crippen LogP contribution is -2.56. The number of carboxylic acids is 2. The smallest absolute Gasteiger partial charge is 0.326 e. The lowest BCUT2D eigenvalue weighted by Gasteiger charge is -2.28. The molecule has 3 amide bonds. The zero-order valence-corrected chi connectivity index (χ0v) is 23.1. The van der Waals surface area contributed by atoms with Crippen molar-refractivity contribution in [3.05, 3.63) is 36.0 Å². The highest BCUT2D eigenvalue weighted by Crippen LogP contribution is 2.22. The Balaban J connectivity index is 1.69. The summed E-state index contributed by atoms with van der Waals surface area (Å²) in [6.45, 7) is 0.468. The van der Waals surface area contributed by atoms with Gasteiger partial charge in [0.05, 0.1) is 6.04 Å². The van der Waals surface area contributed by atoms with E-state index in [1.165, 1.54) is 4.90 Å². The Morgan fingerprint density at radius 2 is 1.81 bits per heavy atom. The number of likely N-dealkylation sites (tertiary alicyclic amines) is 1. The van der Waals surface area contributed by atoms with Gasteiger partial charge in [0.2, 0.25) is 17.7 Å². The molecule has 1 aromatic heterocycles. The van der Waals surface area contributed by atoms with E-state index in [2.05, 4.69) is 20.6 Å². The normalized spacial score (nSPS) is 16.8. The van der Waals surface area contributed by atoms with Gasteiger partial charge in [0.25, 0.3) is 0 Å². The molecule has 0 spiro atoms. The molecule has 11 N–H and O–H groups in total. The molecule has 1 aliphatic heterocycles. The highest BCUT2D eigenvalue weighted by atomic mass is 16.4. The fraction of sp³-hybridized carbons (Fsp3) is 0.481. The molecule has 4 unspecified atom stereocenters. The highest BCUT2D eigenvalue weighted by Gasteiger charge is 2.38. The summed E-state index contributed by atoms with van der Waals surface area (Å²) in [5.41, 5.74) is 18.8. The molecular formula is C27H38N8O7. The SMILES string of the molecule is NC(N)=NCCCC(NC(=O)C1CCCN1C(=O)C(N)Cc1c[nH]c2ccccc12)C(=O)NC(CCC(=O)O)C(=O)O. The van der Waals surface area contributed by atoms with Gasteiger partial charge in [-0.3, -0.25) is 24.2 Å². The van der Waals surface area contributed by atoms with E-state index in [1.807, 2.05) is 24.3 Å². The van der Waals surface area contributed by atoms with E-state index in [0.717, 1.165) is 16.5 Å². The van der Waals surface area contributed by atoms with Crippen LogP contribution in [-0.4, -0.2) is 93.0 Å². The Morgan fingerprint density at radius 1 is 1.07 bits per heavy atom. The van der Waals surface area contributed by atoms with Crippen LogP contribution in [0.1, 0.15) is 44.1 Å². The molecule has 42 heavy (non-hydrogen) atoms. The van der Waals surface area contributed by atoms with E-state index < -0.39 is 60.2 Å². The minimum Gasteiger partial charge on any atom is -0.481 e. The number of benzene rings is 1. The number of carbonyl (C=O) groups excluding carboxylic acids is 3. The van der Waals surface area contributed by atoms with E-state index in [0.29, 0.717) is 19.4 Å². The van der Waals surface area contributed by atoms with Gasteiger partial charge >= 0.3 is 11.9 Å². The number of fused-ring (bicyclic) bond motifs is 1. The van der Waals surface area contributed by atoms with Gasteiger partial charge in [-0.05, 0) is 50.2 Å². The molecule has 1 saturated heterocycles. The maximum Gasteiger partial charge on any atom is 0.326 e. The predicted molar refractivity (Wildman–Crippen MR) is 153 cm³/mol. The first-order chi connectivity index (χ1) is 20.0. The minimum absolute atomic E-state index is 0.0559. The van der Waals surface area contributed by atoms with Crippen molar-refractivity contribution < 1.29 is 34.2 Å². The average Bonchev–Trinajstić information content (AvgIpc) is 3.59. The Bertz CT molecular complexity index is 1320. The summed E-state index contributed by atoms with van der Waals surface area (Å²) in [5.74, 6) is -4.56. The lowest BCUT2D eigenvalue weighted by molar-refractivity contribution is -0.144. The monoisotopic (exact) mass is 586 g/mol. The molecule has 15 heteroatoms. The van der Waals surface area contributed by atoms with Crippen molar-refractivity contribution in [1.82, 2.24) is 20.5 Å². The summed E-state index contributed by atoms with van der Waals surface area (Å²) < 4.78 is 0. The van der Waals surface area contributed by atoms with E-state index in [4.69, 9.17) is 22.3 Å². The molecule has 0 radical (unpaired) electrons. The van der Waals surface area contributed by atoms with Crippen molar-refractivity contribution in [2.75, 3.05) is 13.1 Å². The number of H-pyrrole nitrogens is 1. The van der Waals surface area contributed by atoms with Crippen LogP contribution in [0.5, 0.6) is 0 Å². The molecule has 2 heterocycles. The summed E-state index contributed by atoms with van der Waals surface area (Å²) in [6.07, 6.45) is 2.49. The number of carboxylic acid groups (broad SMARTS) is 2.